The summed E-state index contributed by atoms with van der Waals surface area (Å²) in [4.78, 5) is 16.1. The molecule has 0 aromatic carbocycles. The number of carbonyl (C=O) groups is 1. The topological polar surface area (TPSA) is 71.8 Å². The van der Waals surface area contributed by atoms with Gasteiger partial charge in [0.1, 0.15) is 5.82 Å². The fourth-order valence-electron chi connectivity index (χ4n) is 2.14. The first-order valence-electron chi connectivity index (χ1n) is 7.03. The lowest BCUT2D eigenvalue weighted by molar-refractivity contribution is 0.0952. The van der Waals surface area contributed by atoms with Crippen LogP contribution in [0.3, 0.4) is 0 Å². The number of rotatable bonds is 6. The smallest absolute Gasteiger partial charge is 0.251 e. The maximum absolute atomic E-state index is 12.0. The average molecular weight is 287 g/mol. The van der Waals surface area contributed by atoms with Crippen molar-refractivity contribution in [1.82, 2.24) is 20.1 Å². The zero-order valence-electron chi connectivity index (χ0n) is 12.7. The second-order valence-electron chi connectivity index (χ2n) is 4.94. The van der Waals surface area contributed by atoms with Gasteiger partial charge < -0.3 is 10.6 Å². The van der Waals surface area contributed by atoms with Crippen molar-refractivity contribution in [3.63, 3.8) is 0 Å². The van der Waals surface area contributed by atoms with Crippen molar-refractivity contribution in [2.45, 2.75) is 26.8 Å². The van der Waals surface area contributed by atoms with Crippen molar-refractivity contribution < 1.29 is 4.79 Å². The molecule has 0 bridgehead atoms. The van der Waals surface area contributed by atoms with Gasteiger partial charge in [0.2, 0.25) is 0 Å². The summed E-state index contributed by atoms with van der Waals surface area (Å²) in [6.07, 6.45) is 2.47. The first kappa shape index (κ1) is 15.0. The predicted molar refractivity (Wildman–Crippen MR) is 82.4 cm³/mol. The zero-order chi connectivity index (χ0) is 15.2. The number of amides is 1. The molecule has 1 amide bonds. The van der Waals surface area contributed by atoms with E-state index in [2.05, 4.69) is 26.8 Å². The van der Waals surface area contributed by atoms with Gasteiger partial charge in [-0.25, -0.2) is 4.98 Å². The molecule has 112 valence electrons. The molecular weight excluding hydrogens is 266 g/mol. The lowest BCUT2D eigenvalue weighted by atomic mass is 10.2. The van der Waals surface area contributed by atoms with E-state index >= 15 is 0 Å². The first-order chi connectivity index (χ1) is 10.1. The zero-order valence-corrected chi connectivity index (χ0v) is 12.7. The van der Waals surface area contributed by atoms with Crippen molar-refractivity contribution in [3.05, 3.63) is 41.3 Å². The third kappa shape index (κ3) is 4.05. The maximum Gasteiger partial charge on any atom is 0.251 e. The van der Waals surface area contributed by atoms with Gasteiger partial charge in [-0.1, -0.05) is 0 Å². The molecule has 6 nitrogen and oxygen atoms in total. The minimum absolute atomic E-state index is 0.0812. The highest BCUT2D eigenvalue weighted by Crippen LogP contribution is 2.06. The molecule has 2 N–H and O–H groups in total. The Hall–Kier alpha value is -2.37. The summed E-state index contributed by atoms with van der Waals surface area (Å²) in [5, 5.41) is 10.2. The molecule has 0 atom stereocenters. The molecule has 6 heteroatoms. The Morgan fingerprint density at radius 1 is 1.33 bits per heavy atom. The van der Waals surface area contributed by atoms with E-state index in [9.17, 15) is 4.79 Å². The summed E-state index contributed by atoms with van der Waals surface area (Å²) in [5.41, 5.74) is 2.78. The van der Waals surface area contributed by atoms with Gasteiger partial charge in [0.25, 0.3) is 5.91 Å². The molecule has 2 aromatic heterocycles. The van der Waals surface area contributed by atoms with Gasteiger partial charge in [-0.3, -0.25) is 9.48 Å². The normalized spacial score (nSPS) is 10.4. The number of anilines is 1. The minimum Gasteiger partial charge on any atom is -0.373 e. The molecule has 0 fully saturated rings. The molecule has 2 heterocycles. The molecule has 0 spiro atoms. The van der Waals surface area contributed by atoms with Crippen molar-refractivity contribution in [1.29, 1.82) is 0 Å². The average Bonchev–Trinajstić information content (AvgIpc) is 2.81. The van der Waals surface area contributed by atoms with E-state index in [4.69, 9.17) is 0 Å². The van der Waals surface area contributed by atoms with E-state index in [0.717, 1.165) is 24.4 Å². The van der Waals surface area contributed by atoms with Crippen LogP contribution in [0, 0.1) is 13.8 Å². The summed E-state index contributed by atoms with van der Waals surface area (Å²) in [6, 6.07) is 5.49. The number of aromatic nitrogens is 3. The van der Waals surface area contributed by atoms with Gasteiger partial charge in [-0.2, -0.15) is 5.10 Å². The fraction of sp³-hybridized carbons (Fsp3) is 0.400. The number of nitrogens with one attached hydrogen (secondary N) is 2. The van der Waals surface area contributed by atoms with Gasteiger partial charge in [0.15, 0.2) is 0 Å². The van der Waals surface area contributed by atoms with Crippen LogP contribution in [0.15, 0.2) is 24.4 Å². The van der Waals surface area contributed by atoms with Crippen LogP contribution in [0.4, 0.5) is 5.82 Å². The second-order valence-corrected chi connectivity index (χ2v) is 4.94. The molecule has 0 radical (unpaired) electrons. The van der Waals surface area contributed by atoms with Crippen molar-refractivity contribution in [3.8, 4) is 0 Å². The highest BCUT2D eigenvalue weighted by atomic mass is 16.1. The Kier molecular flexibility index (Phi) is 4.92. The number of carbonyl (C=O) groups excluding carboxylic acids is 1. The van der Waals surface area contributed by atoms with Crippen molar-refractivity contribution in [2.24, 2.45) is 0 Å². The lowest BCUT2D eigenvalue weighted by Gasteiger charge is -2.07. The highest BCUT2D eigenvalue weighted by Gasteiger charge is 2.06. The third-order valence-corrected chi connectivity index (χ3v) is 3.21. The summed E-state index contributed by atoms with van der Waals surface area (Å²) in [5.74, 6) is 0.604. The van der Waals surface area contributed by atoms with E-state index in [1.54, 1.807) is 25.4 Å². The summed E-state index contributed by atoms with van der Waals surface area (Å²) in [6.45, 7) is 5.44. The van der Waals surface area contributed by atoms with Crippen LogP contribution < -0.4 is 10.6 Å². The molecule has 0 aliphatic heterocycles. The Morgan fingerprint density at radius 2 is 2.14 bits per heavy atom. The molecule has 0 aliphatic rings. The lowest BCUT2D eigenvalue weighted by Crippen LogP contribution is -2.25. The molecule has 21 heavy (non-hydrogen) atoms. The van der Waals surface area contributed by atoms with Crippen LogP contribution in [0.2, 0.25) is 0 Å². The predicted octanol–water partition coefficient (Wildman–Crippen LogP) is 1.76. The molecular formula is C15H21N5O. The summed E-state index contributed by atoms with van der Waals surface area (Å²) in [7, 11) is 1.78. The van der Waals surface area contributed by atoms with Crippen LogP contribution in [0.1, 0.15) is 28.2 Å². The van der Waals surface area contributed by atoms with Gasteiger partial charge >= 0.3 is 0 Å². The van der Waals surface area contributed by atoms with E-state index in [1.807, 2.05) is 18.5 Å². The van der Waals surface area contributed by atoms with Gasteiger partial charge in [-0.15, -0.1) is 0 Å². The van der Waals surface area contributed by atoms with Crippen LogP contribution >= 0.6 is 0 Å². The Bertz CT molecular complexity index is 620. The number of aryl methyl sites for hydroxylation is 3. The van der Waals surface area contributed by atoms with Crippen LogP contribution in [0.25, 0.3) is 0 Å². The number of hydrogen-bond acceptors (Lipinski definition) is 4. The van der Waals surface area contributed by atoms with Crippen LogP contribution in [0.5, 0.6) is 0 Å². The van der Waals surface area contributed by atoms with Crippen LogP contribution in [-0.2, 0) is 6.54 Å². The number of hydrogen-bond donors (Lipinski definition) is 2. The Morgan fingerprint density at radius 3 is 2.81 bits per heavy atom. The number of pyridine rings is 1. The fourth-order valence-corrected chi connectivity index (χ4v) is 2.14. The molecule has 0 aliphatic carbocycles. The highest BCUT2D eigenvalue weighted by molar-refractivity contribution is 5.94. The largest absolute Gasteiger partial charge is 0.373 e. The van der Waals surface area contributed by atoms with Crippen molar-refractivity contribution >= 4 is 11.7 Å². The van der Waals surface area contributed by atoms with E-state index < -0.39 is 0 Å². The summed E-state index contributed by atoms with van der Waals surface area (Å²) >= 11 is 0. The van der Waals surface area contributed by atoms with Crippen molar-refractivity contribution in [2.75, 3.05) is 18.9 Å². The third-order valence-electron chi connectivity index (χ3n) is 3.21. The summed E-state index contributed by atoms with van der Waals surface area (Å²) < 4.78 is 1.97. The maximum atomic E-state index is 12.0. The van der Waals surface area contributed by atoms with Gasteiger partial charge in [0.05, 0.1) is 5.69 Å². The van der Waals surface area contributed by atoms with E-state index in [0.29, 0.717) is 17.9 Å². The number of nitrogens with zero attached hydrogens (tertiary/aromatic N) is 3. The van der Waals surface area contributed by atoms with Gasteiger partial charge in [-0.05, 0) is 38.5 Å². The van der Waals surface area contributed by atoms with Gasteiger partial charge in [0, 0.05) is 37.6 Å². The molecule has 2 rings (SSSR count). The van der Waals surface area contributed by atoms with Crippen LogP contribution in [-0.4, -0.2) is 34.3 Å². The quantitative estimate of drug-likeness (QED) is 0.794. The van der Waals surface area contributed by atoms with E-state index in [1.165, 1.54) is 0 Å². The Labute approximate surface area is 124 Å². The Balaban J connectivity index is 1.80. The molecule has 0 saturated carbocycles. The second kappa shape index (κ2) is 6.88. The van der Waals surface area contributed by atoms with E-state index in [-0.39, 0.29) is 5.91 Å². The SMILES string of the molecule is CNc1cc(C(=O)NCCCn2nc(C)cc2C)ccn1. The molecule has 0 saturated heterocycles. The minimum atomic E-state index is -0.0812. The monoisotopic (exact) mass is 287 g/mol. The molecule has 2 aromatic rings. The standard InChI is InChI=1S/C15H21N5O/c1-11-9-12(2)20(19-11)8-4-6-18-15(21)13-5-7-17-14(10-13)16-3/h5,7,9-10H,4,6,8H2,1-3H3,(H,16,17)(H,18,21). The first-order valence-corrected chi connectivity index (χ1v) is 7.03. The molecule has 0 unspecified atom stereocenters.